The number of likely N-dealkylation sites (tertiary alicyclic amines) is 1. The Morgan fingerprint density at radius 2 is 1.96 bits per heavy atom. The van der Waals surface area contributed by atoms with Gasteiger partial charge < -0.3 is 24.8 Å². The number of alkyl carbamates (subject to hydrolysis) is 1. The molecule has 9 heteroatoms. The molecule has 9 nitrogen and oxygen atoms in total. The highest BCUT2D eigenvalue weighted by Crippen LogP contribution is 2.23. The second kappa shape index (κ2) is 9.40. The van der Waals surface area contributed by atoms with E-state index in [9.17, 15) is 24.3 Å². The maximum absolute atomic E-state index is 12.0. The van der Waals surface area contributed by atoms with Gasteiger partial charge in [0.05, 0.1) is 13.0 Å². The number of hydrogen-bond donors (Lipinski definition) is 2. The first-order chi connectivity index (χ1) is 12.0. The standard InChI is InChI=1S/C17H28N2O7/c1-17(2,3)26-16(24)18-8-6-5-7-12(14(21)22)19-10-11(9-13(19)20)15(23)25-4/h11-12H,5-10H2,1-4H3,(H,18,24)(H,21,22)/t11?,12-/m0/s1. The molecule has 2 amide bonds. The minimum Gasteiger partial charge on any atom is -0.480 e. The van der Waals surface area contributed by atoms with Gasteiger partial charge in [-0.25, -0.2) is 9.59 Å². The van der Waals surface area contributed by atoms with Crippen LogP contribution in [0.1, 0.15) is 46.5 Å². The van der Waals surface area contributed by atoms with Crippen LogP contribution >= 0.6 is 0 Å². The number of carbonyl (C=O) groups is 4. The fourth-order valence-corrected chi connectivity index (χ4v) is 2.74. The van der Waals surface area contributed by atoms with Crippen molar-refractivity contribution < 1.29 is 33.8 Å². The van der Waals surface area contributed by atoms with E-state index in [0.29, 0.717) is 19.4 Å². The van der Waals surface area contributed by atoms with Crippen LogP contribution in [0, 0.1) is 5.92 Å². The van der Waals surface area contributed by atoms with Crippen molar-refractivity contribution in [3.63, 3.8) is 0 Å². The Balaban J connectivity index is 2.43. The molecule has 0 aromatic heterocycles. The van der Waals surface area contributed by atoms with Crippen LogP contribution in [-0.2, 0) is 23.9 Å². The summed E-state index contributed by atoms with van der Waals surface area (Å²) < 4.78 is 9.73. The fraction of sp³-hybridized carbons (Fsp3) is 0.765. The van der Waals surface area contributed by atoms with Gasteiger partial charge >= 0.3 is 18.0 Å². The van der Waals surface area contributed by atoms with Gasteiger partial charge in [-0.2, -0.15) is 0 Å². The lowest BCUT2D eigenvalue weighted by molar-refractivity contribution is -0.149. The number of hydrogen-bond acceptors (Lipinski definition) is 6. The number of carbonyl (C=O) groups excluding carboxylic acids is 3. The van der Waals surface area contributed by atoms with Crippen LogP contribution in [0.4, 0.5) is 4.79 Å². The molecule has 1 fully saturated rings. The summed E-state index contributed by atoms with van der Waals surface area (Å²) in [4.78, 5) is 47.9. The summed E-state index contributed by atoms with van der Waals surface area (Å²) in [6.07, 6.45) is 0.731. The van der Waals surface area contributed by atoms with Crippen molar-refractivity contribution in [2.45, 2.75) is 58.1 Å². The number of nitrogens with one attached hydrogen (secondary N) is 1. The number of esters is 1. The van der Waals surface area contributed by atoms with Crippen LogP contribution in [0.2, 0.25) is 0 Å². The summed E-state index contributed by atoms with van der Waals surface area (Å²) in [6, 6.07) is -0.987. The summed E-state index contributed by atoms with van der Waals surface area (Å²) in [5, 5.41) is 12.0. The monoisotopic (exact) mass is 372 g/mol. The average Bonchev–Trinajstić information content (AvgIpc) is 2.89. The Hall–Kier alpha value is -2.32. The lowest BCUT2D eigenvalue weighted by Gasteiger charge is -2.24. The first kappa shape index (κ1) is 21.7. The second-order valence-corrected chi connectivity index (χ2v) is 7.25. The van der Waals surface area contributed by atoms with Crippen LogP contribution in [0.15, 0.2) is 0 Å². The number of ether oxygens (including phenoxy) is 2. The Labute approximate surface area is 153 Å². The molecule has 0 aromatic carbocycles. The number of amides is 2. The van der Waals surface area contributed by atoms with Crippen molar-refractivity contribution in [1.82, 2.24) is 10.2 Å². The number of methoxy groups -OCH3 is 1. The lowest BCUT2D eigenvalue weighted by Crippen LogP contribution is -2.42. The Kier molecular flexibility index (Phi) is 7.85. The van der Waals surface area contributed by atoms with Crippen LogP contribution in [0.5, 0.6) is 0 Å². The molecule has 1 aliphatic heterocycles. The molecule has 26 heavy (non-hydrogen) atoms. The SMILES string of the molecule is COC(=O)C1CC(=O)N([C@@H](CCCCNC(=O)OC(C)(C)C)C(=O)O)C1. The van der Waals surface area contributed by atoms with E-state index in [-0.39, 0.29) is 25.3 Å². The topological polar surface area (TPSA) is 122 Å². The van der Waals surface area contributed by atoms with Gasteiger partial charge in [0.25, 0.3) is 0 Å². The Bertz CT molecular complexity index is 542. The van der Waals surface area contributed by atoms with Gasteiger partial charge in [-0.1, -0.05) is 0 Å². The van der Waals surface area contributed by atoms with Crippen LogP contribution < -0.4 is 5.32 Å². The zero-order chi connectivity index (χ0) is 19.9. The van der Waals surface area contributed by atoms with E-state index < -0.39 is 35.6 Å². The van der Waals surface area contributed by atoms with E-state index in [1.54, 1.807) is 20.8 Å². The minimum absolute atomic E-state index is 0.0311. The number of rotatable bonds is 8. The molecule has 0 bridgehead atoms. The van der Waals surface area contributed by atoms with Crippen molar-refractivity contribution >= 4 is 23.9 Å². The first-order valence-electron chi connectivity index (χ1n) is 8.62. The van der Waals surface area contributed by atoms with Crippen LogP contribution in [0.3, 0.4) is 0 Å². The summed E-state index contributed by atoms with van der Waals surface area (Å²) in [5.41, 5.74) is -0.579. The molecule has 0 saturated carbocycles. The lowest BCUT2D eigenvalue weighted by atomic mass is 10.1. The highest BCUT2D eigenvalue weighted by Gasteiger charge is 2.40. The smallest absolute Gasteiger partial charge is 0.407 e. The van der Waals surface area contributed by atoms with Crippen molar-refractivity contribution in [1.29, 1.82) is 0 Å². The highest BCUT2D eigenvalue weighted by atomic mass is 16.6. The maximum atomic E-state index is 12.0. The largest absolute Gasteiger partial charge is 0.480 e. The van der Waals surface area contributed by atoms with Crippen LogP contribution in [-0.4, -0.2) is 65.8 Å². The van der Waals surface area contributed by atoms with Gasteiger partial charge in [0, 0.05) is 19.5 Å². The molecule has 0 aromatic rings. The summed E-state index contributed by atoms with van der Waals surface area (Å²) >= 11 is 0. The molecule has 0 spiro atoms. The molecular formula is C17H28N2O7. The van der Waals surface area contributed by atoms with Gasteiger partial charge in [0.1, 0.15) is 11.6 Å². The van der Waals surface area contributed by atoms with E-state index in [2.05, 4.69) is 10.1 Å². The highest BCUT2D eigenvalue weighted by molar-refractivity contribution is 5.90. The average molecular weight is 372 g/mol. The third kappa shape index (κ3) is 6.89. The van der Waals surface area contributed by atoms with Gasteiger partial charge in [-0.3, -0.25) is 9.59 Å². The molecule has 1 unspecified atom stereocenters. The number of unbranched alkanes of at least 4 members (excludes halogenated alkanes) is 1. The number of aliphatic carboxylic acids is 1. The third-order valence-corrected chi connectivity index (χ3v) is 3.93. The van der Waals surface area contributed by atoms with E-state index in [0.717, 1.165) is 0 Å². The molecule has 0 radical (unpaired) electrons. The molecule has 2 N–H and O–H groups in total. The second-order valence-electron chi connectivity index (χ2n) is 7.25. The number of nitrogens with zero attached hydrogens (tertiary/aromatic N) is 1. The van der Waals surface area contributed by atoms with E-state index >= 15 is 0 Å². The predicted molar refractivity (Wildman–Crippen MR) is 91.3 cm³/mol. The van der Waals surface area contributed by atoms with Gasteiger partial charge in [-0.15, -0.1) is 0 Å². The molecule has 148 valence electrons. The Morgan fingerprint density at radius 1 is 1.31 bits per heavy atom. The molecule has 1 saturated heterocycles. The number of carboxylic acids is 1. The van der Waals surface area contributed by atoms with Crippen molar-refractivity contribution in [3.05, 3.63) is 0 Å². The Morgan fingerprint density at radius 3 is 2.50 bits per heavy atom. The zero-order valence-corrected chi connectivity index (χ0v) is 15.7. The molecule has 0 aliphatic carbocycles. The molecule has 1 heterocycles. The predicted octanol–water partition coefficient (Wildman–Crippen LogP) is 1.16. The third-order valence-electron chi connectivity index (χ3n) is 3.93. The molecule has 1 rings (SSSR count). The summed E-state index contributed by atoms with van der Waals surface area (Å²) in [6.45, 7) is 5.69. The van der Waals surface area contributed by atoms with E-state index in [1.807, 2.05) is 0 Å². The molecular weight excluding hydrogens is 344 g/mol. The van der Waals surface area contributed by atoms with E-state index in [4.69, 9.17) is 4.74 Å². The summed E-state index contributed by atoms with van der Waals surface area (Å²) in [5.74, 6) is -2.60. The normalized spacial score (nSPS) is 18.4. The zero-order valence-electron chi connectivity index (χ0n) is 15.7. The van der Waals surface area contributed by atoms with Gasteiger partial charge in [0.2, 0.25) is 5.91 Å². The van der Waals surface area contributed by atoms with E-state index in [1.165, 1.54) is 12.0 Å². The fourth-order valence-electron chi connectivity index (χ4n) is 2.74. The summed E-state index contributed by atoms with van der Waals surface area (Å²) in [7, 11) is 1.24. The van der Waals surface area contributed by atoms with Crippen molar-refractivity contribution in [2.75, 3.05) is 20.2 Å². The minimum atomic E-state index is -1.11. The molecule has 2 atom stereocenters. The number of carboxylic acid groups (broad SMARTS) is 1. The van der Waals surface area contributed by atoms with Gasteiger partial charge in [0.15, 0.2) is 0 Å². The molecule has 1 aliphatic rings. The van der Waals surface area contributed by atoms with Gasteiger partial charge in [-0.05, 0) is 40.0 Å². The quantitative estimate of drug-likeness (QED) is 0.484. The van der Waals surface area contributed by atoms with Crippen molar-refractivity contribution in [3.8, 4) is 0 Å². The van der Waals surface area contributed by atoms with Crippen molar-refractivity contribution in [2.24, 2.45) is 5.92 Å². The first-order valence-corrected chi connectivity index (χ1v) is 8.62. The maximum Gasteiger partial charge on any atom is 0.407 e. The van der Waals surface area contributed by atoms with Crippen LogP contribution in [0.25, 0.3) is 0 Å².